The van der Waals surface area contributed by atoms with E-state index in [0.717, 1.165) is 16.7 Å². The number of benzene rings is 2. The minimum absolute atomic E-state index is 0.0602. The van der Waals surface area contributed by atoms with Crippen molar-refractivity contribution < 1.29 is 23.5 Å². The average Bonchev–Trinajstić information content (AvgIpc) is 2.89. The van der Waals surface area contributed by atoms with E-state index in [4.69, 9.17) is 4.74 Å². The molecule has 0 saturated heterocycles. The van der Waals surface area contributed by atoms with Crippen LogP contribution in [0, 0.1) is 11.7 Å². The summed E-state index contributed by atoms with van der Waals surface area (Å²) in [6.07, 6.45) is 3.93. The van der Waals surface area contributed by atoms with Crippen molar-refractivity contribution in [1.29, 1.82) is 0 Å². The SMILES string of the molecule is COC(=O)[C@@H](C)C[C@H](NC(=O)c1ccc(-c2cccnc2)cc1)C(=O)NC(C)(C)Cc1ccc(F)cc1. The number of esters is 1. The number of rotatable bonds is 10. The van der Waals surface area contributed by atoms with Gasteiger partial charge in [-0.2, -0.15) is 0 Å². The van der Waals surface area contributed by atoms with E-state index >= 15 is 0 Å². The molecule has 0 unspecified atom stereocenters. The van der Waals surface area contributed by atoms with Crippen molar-refractivity contribution in [2.24, 2.45) is 5.92 Å². The van der Waals surface area contributed by atoms with Gasteiger partial charge in [-0.1, -0.05) is 37.3 Å². The lowest BCUT2D eigenvalue weighted by Crippen LogP contribution is -2.54. The maximum Gasteiger partial charge on any atom is 0.308 e. The normalized spacial score (nSPS) is 12.8. The number of nitrogens with one attached hydrogen (secondary N) is 2. The molecule has 7 nitrogen and oxygen atoms in total. The maximum atomic E-state index is 13.3. The zero-order valence-corrected chi connectivity index (χ0v) is 21.5. The Kier molecular flexibility index (Phi) is 9.11. The predicted molar refractivity (Wildman–Crippen MR) is 139 cm³/mol. The van der Waals surface area contributed by atoms with Gasteiger partial charge < -0.3 is 15.4 Å². The van der Waals surface area contributed by atoms with E-state index in [2.05, 4.69) is 15.6 Å². The fourth-order valence-corrected chi connectivity index (χ4v) is 4.05. The second-order valence-corrected chi connectivity index (χ2v) is 9.68. The molecule has 1 aromatic heterocycles. The van der Waals surface area contributed by atoms with Gasteiger partial charge in [0, 0.05) is 23.5 Å². The molecule has 3 aromatic rings. The minimum atomic E-state index is -0.980. The summed E-state index contributed by atoms with van der Waals surface area (Å²) in [5.41, 5.74) is 2.35. The first kappa shape index (κ1) is 27.5. The fraction of sp³-hybridized carbons (Fsp3) is 0.310. The lowest BCUT2D eigenvalue weighted by Gasteiger charge is -2.30. The first-order chi connectivity index (χ1) is 17.6. The molecule has 0 saturated carbocycles. The van der Waals surface area contributed by atoms with Crippen LogP contribution >= 0.6 is 0 Å². The summed E-state index contributed by atoms with van der Waals surface area (Å²) in [5, 5.41) is 5.74. The predicted octanol–water partition coefficient (Wildman–Crippen LogP) is 4.32. The zero-order chi connectivity index (χ0) is 27.0. The molecule has 194 valence electrons. The Morgan fingerprint density at radius 2 is 1.68 bits per heavy atom. The van der Waals surface area contributed by atoms with E-state index in [1.807, 2.05) is 38.1 Å². The summed E-state index contributed by atoms with van der Waals surface area (Å²) in [7, 11) is 1.28. The first-order valence-corrected chi connectivity index (χ1v) is 12.0. The van der Waals surface area contributed by atoms with Crippen LogP contribution in [0.25, 0.3) is 11.1 Å². The summed E-state index contributed by atoms with van der Waals surface area (Å²) in [5.74, 6) is -2.29. The molecule has 37 heavy (non-hydrogen) atoms. The number of hydrogen-bond donors (Lipinski definition) is 2. The highest BCUT2D eigenvalue weighted by molar-refractivity contribution is 5.98. The van der Waals surface area contributed by atoms with Gasteiger partial charge in [-0.25, -0.2) is 4.39 Å². The number of pyridine rings is 1. The molecule has 8 heteroatoms. The summed E-state index contributed by atoms with van der Waals surface area (Å²) in [4.78, 5) is 42.5. The smallest absolute Gasteiger partial charge is 0.308 e. The molecule has 1 heterocycles. The van der Waals surface area contributed by atoms with Gasteiger partial charge in [-0.3, -0.25) is 19.4 Å². The van der Waals surface area contributed by atoms with Crippen LogP contribution in [0.3, 0.4) is 0 Å². The lowest BCUT2D eigenvalue weighted by molar-refractivity contribution is -0.145. The van der Waals surface area contributed by atoms with Gasteiger partial charge in [0.1, 0.15) is 11.9 Å². The maximum absolute atomic E-state index is 13.3. The standard InChI is InChI=1S/C29H32FN3O4/c1-19(28(36)37-4)16-25(27(35)33-29(2,3)17-20-7-13-24(30)14-8-20)32-26(34)22-11-9-21(10-12-22)23-6-5-15-31-18-23/h5-15,18-19,25H,16-17H2,1-4H3,(H,32,34)(H,33,35)/t19-,25-/m0/s1. The van der Waals surface area contributed by atoms with Crippen LogP contribution in [-0.2, 0) is 20.7 Å². The highest BCUT2D eigenvalue weighted by atomic mass is 19.1. The van der Waals surface area contributed by atoms with Crippen LogP contribution in [0.1, 0.15) is 43.1 Å². The van der Waals surface area contributed by atoms with Gasteiger partial charge >= 0.3 is 5.97 Å². The van der Waals surface area contributed by atoms with Gasteiger partial charge in [0.25, 0.3) is 5.91 Å². The second kappa shape index (κ2) is 12.3. The Bertz CT molecular complexity index is 1210. The molecule has 0 fully saturated rings. The average molecular weight is 506 g/mol. The van der Waals surface area contributed by atoms with Crippen molar-refractivity contribution in [1.82, 2.24) is 15.6 Å². The van der Waals surface area contributed by atoms with Gasteiger partial charge in [-0.05, 0) is 73.7 Å². The number of aromatic nitrogens is 1. The molecule has 2 N–H and O–H groups in total. The van der Waals surface area contributed by atoms with E-state index in [-0.39, 0.29) is 12.2 Å². The molecule has 2 aromatic carbocycles. The van der Waals surface area contributed by atoms with E-state index in [9.17, 15) is 18.8 Å². The quantitative estimate of drug-likeness (QED) is 0.400. The van der Waals surface area contributed by atoms with Crippen LogP contribution < -0.4 is 10.6 Å². The van der Waals surface area contributed by atoms with E-state index in [1.165, 1.54) is 19.2 Å². The minimum Gasteiger partial charge on any atom is -0.469 e. The number of nitrogens with zero attached hydrogens (tertiary/aromatic N) is 1. The Balaban J connectivity index is 1.74. The Morgan fingerprint density at radius 3 is 2.27 bits per heavy atom. The molecule has 0 spiro atoms. The number of hydrogen-bond acceptors (Lipinski definition) is 5. The molecule has 0 radical (unpaired) electrons. The van der Waals surface area contributed by atoms with Gasteiger partial charge in [0.2, 0.25) is 5.91 Å². The number of methoxy groups -OCH3 is 1. The van der Waals surface area contributed by atoms with E-state index < -0.39 is 35.3 Å². The number of amides is 2. The second-order valence-electron chi connectivity index (χ2n) is 9.68. The van der Waals surface area contributed by atoms with Crippen molar-refractivity contribution in [3.8, 4) is 11.1 Å². The van der Waals surface area contributed by atoms with E-state index in [0.29, 0.717) is 12.0 Å². The third-order valence-corrected chi connectivity index (χ3v) is 5.98. The molecule has 2 amide bonds. The Labute approximate surface area is 216 Å². The van der Waals surface area contributed by atoms with Gasteiger partial charge in [0.05, 0.1) is 13.0 Å². The van der Waals surface area contributed by atoms with Crippen LogP contribution in [0.5, 0.6) is 0 Å². The number of ether oxygens (including phenoxy) is 1. The lowest BCUT2D eigenvalue weighted by atomic mass is 9.93. The summed E-state index contributed by atoms with van der Waals surface area (Å²) < 4.78 is 18.1. The monoisotopic (exact) mass is 505 g/mol. The van der Waals surface area contributed by atoms with Crippen LogP contribution in [0.4, 0.5) is 4.39 Å². The topological polar surface area (TPSA) is 97.4 Å². The molecule has 3 rings (SSSR count). The fourth-order valence-electron chi connectivity index (χ4n) is 4.05. The third-order valence-electron chi connectivity index (χ3n) is 5.98. The third kappa shape index (κ3) is 7.96. The zero-order valence-electron chi connectivity index (χ0n) is 21.5. The van der Waals surface area contributed by atoms with Gasteiger partial charge in [0.15, 0.2) is 0 Å². The number of carbonyl (C=O) groups is 3. The largest absolute Gasteiger partial charge is 0.469 e. The molecule has 0 bridgehead atoms. The highest BCUT2D eigenvalue weighted by Crippen LogP contribution is 2.19. The van der Waals surface area contributed by atoms with Gasteiger partial charge in [-0.15, -0.1) is 0 Å². The molecular formula is C29H32FN3O4. The Hall–Kier alpha value is -4.07. The van der Waals surface area contributed by atoms with Crippen LogP contribution in [0.15, 0.2) is 73.1 Å². The molecule has 2 atom stereocenters. The number of carbonyl (C=O) groups excluding carboxylic acids is 3. The number of halogens is 1. The summed E-state index contributed by atoms with van der Waals surface area (Å²) >= 11 is 0. The van der Waals surface area contributed by atoms with Crippen molar-refractivity contribution in [3.63, 3.8) is 0 Å². The van der Waals surface area contributed by atoms with Crippen LogP contribution in [-0.4, -0.2) is 41.5 Å². The van der Waals surface area contributed by atoms with Crippen molar-refractivity contribution in [2.75, 3.05) is 7.11 Å². The first-order valence-electron chi connectivity index (χ1n) is 12.0. The van der Waals surface area contributed by atoms with Crippen molar-refractivity contribution in [2.45, 2.75) is 45.2 Å². The molecule has 0 aliphatic heterocycles. The van der Waals surface area contributed by atoms with Crippen molar-refractivity contribution >= 4 is 17.8 Å². The van der Waals surface area contributed by atoms with Crippen LogP contribution in [0.2, 0.25) is 0 Å². The summed E-state index contributed by atoms with van der Waals surface area (Å²) in [6.45, 7) is 5.33. The highest BCUT2D eigenvalue weighted by Gasteiger charge is 2.30. The molecule has 0 aliphatic rings. The van der Waals surface area contributed by atoms with E-state index in [1.54, 1.807) is 43.6 Å². The Morgan fingerprint density at radius 1 is 1.00 bits per heavy atom. The summed E-state index contributed by atoms with van der Waals surface area (Å²) in [6, 6.07) is 15.8. The molecular weight excluding hydrogens is 473 g/mol. The molecule has 0 aliphatic carbocycles. The van der Waals surface area contributed by atoms with Crippen molar-refractivity contribution in [3.05, 3.63) is 90.0 Å².